The molecule has 1 aromatic rings. The molecule has 0 unspecified atom stereocenters. The lowest BCUT2D eigenvalue weighted by Gasteiger charge is -2.10. The van der Waals surface area contributed by atoms with Gasteiger partial charge in [-0.05, 0) is 38.1 Å². The minimum atomic E-state index is -0.481. The molecule has 0 radical (unpaired) electrons. The number of carbonyl (C=O) groups is 1. The zero-order chi connectivity index (χ0) is 9.84. The summed E-state index contributed by atoms with van der Waals surface area (Å²) in [5.41, 5.74) is 0. The monoisotopic (exact) mass is 182 g/mol. The predicted molar refractivity (Wildman–Crippen MR) is 47.2 cm³/mol. The van der Waals surface area contributed by atoms with Gasteiger partial charge in [0.05, 0.1) is 0 Å². The number of rotatable bonds is 3. The van der Waals surface area contributed by atoms with Crippen LogP contribution >= 0.6 is 0 Å². The molecule has 0 bridgehead atoms. The Morgan fingerprint density at radius 1 is 1.38 bits per heavy atom. The van der Waals surface area contributed by atoms with E-state index in [9.17, 15) is 9.18 Å². The summed E-state index contributed by atoms with van der Waals surface area (Å²) in [6.45, 7) is 3.11. The zero-order valence-corrected chi connectivity index (χ0v) is 7.58. The first-order valence-electron chi connectivity index (χ1n) is 4.02. The molecule has 3 heteroatoms. The molecule has 0 aromatic heterocycles. The van der Waals surface area contributed by atoms with E-state index in [4.69, 9.17) is 4.74 Å². The van der Waals surface area contributed by atoms with Crippen LogP contribution in [0.4, 0.5) is 4.39 Å². The van der Waals surface area contributed by atoms with Gasteiger partial charge in [-0.1, -0.05) is 0 Å². The van der Waals surface area contributed by atoms with Crippen LogP contribution in [0.3, 0.4) is 0 Å². The van der Waals surface area contributed by atoms with Gasteiger partial charge in [-0.25, -0.2) is 4.39 Å². The second kappa shape index (κ2) is 4.03. The number of ether oxygens (including phenoxy) is 1. The summed E-state index contributed by atoms with van der Waals surface area (Å²) in [5.74, 6) is 0.135. The van der Waals surface area contributed by atoms with Crippen LogP contribution in [0, 0.1) is 5.82 Å². The van der Waals surface area contributed by atoms with Gasteiger partial charge >= 0.3 is 0 Å². The first kappa shape index (κ1) is 9.71. The lowest BCUT2D eigenvalue weighted by atomic mass is 10.3. The largest absolute Gasteiger partial charge is 0.483 e. The van der Waals surface area contributed by atoms with Crippen molar-refractivity contribution in [3.05, 3.63) is 30.1 Å². The molecule has 0 fully saturated rings. The standard InChI is InChI=1S/C10H11FO2/c1-7(12)8(2)13-10-5-3-9(11)4-6-10/h3-6,8H,1-2H3/t8-/m1/s1. The van der Waals surface area contributed by atoms with Gasteiger partial charge in [0.1, 0.15) is 11.6 Å². The Morgan fingerprint density at radius 3 is 2.38 bits per heavy atom. The SMILES string of the molecule is CC(=O)[C@@H](C)Oc1ccc(F)cc1. The van der Waals surface area contributed by atoms with Gasteiger partial charge in [0.2, 0.25) is 0 Å². The Morgan fingerprint density at radius 2 is 1.92 bits per heavy atom. The number of Topliss-reactive ketones (excluding diaryl/α,β-unsaturated/α-hetero) is 1. The van der Waals surface area contributed by atoms with Crippen LogP contribution in [0.1, 0.15) is 13.8 Å². The number of hydrogen-bond donors (Lipinski definition) is 0. The number of benzene rings is 1. The highest BCUT2D eigenvalue weighted by Gasteiger charge is 2.08. The Bertz CT molecular complexity index is 292. The van der Waals surface area contributed by atoms with Crippen molar-refractivity contribution in [2.75, 3.05) is 0 Å². The topological polar surface area (TPSA) is 26.3 Å². The molecular formula is C10H11FO2. The van der Waals surface area contributed by atoms with Gasteiger partial charge in [0.25, 0.3) is 0 Å². The molecule has 70 valence electrons. The smallest absolute Gasteiger partial charge is 0.169 e. The van der Waals surface area contributed by atoms with Crippen molar-refractivity contribution < 1.29 is 13.9 Å². The highest BCUT2D eigenvalue weighted by Crippen LogP contribution is 2.12. The highest BCUT2D eigenvalue weighted by atomic mass is 19.1. The van der Waals surface area contributed by atoms with E-state index in [0.29, 0.717) is 5.75 Å². The molecule has 0 N–H and O–H groups in total. The van der Waals surface area contributed by atoms with Gasteiger partial charge < -0.3 is 4.74 Å². The second-order valence-electron chi connectivity index (χ2n) is 2.82. The van der Waals surface area contributed by atoms with E-state index in [2.05, 4.69) is 0 Å². The molecule has 0 heterocycles. The van der Waals surface area contributed by atoms with Gasteiger partial charge in [0.15, 0.2) is 11.9 Å². The first-order valence-corrected chi connectivity index (χ1v) is 4.02. The van der Waals surface area contributed by atoms with Crippen LogP contribution in [0.5, 0.6) is 5.75 Å². The van der Waals surface area contributed by atoms with E-state index in [0.717, 1.165) is 0 Å². The molecular weight excluding hydrogens is 171 g/mol. The van der Waals surface area contributed by atoms with Crippen LogP contribution < -0.4 is 4.74 Å². The number of halogens is 1. The summed E-state index contributed by atoms with van der Waals surface area (Å²) in [5, 5.41) is 0. The van der Waals surface area contributed by atoms with E-state index < -0.39 is 6.10 Å². The molecule has 13 heavy (non-hydrogen) atoms. The van der Waals surface area contributed by atoms with Crippen LogP contribution in [-0.2, 0) is 4.79 Å². The van der Waals surface area contributed by atoms with Crippen molar-refractivity contribution in [3.63, 3.8) is 0 Å². The maximum Gasteiger partial charge on any atom is 0.169 e. The van der Waals surface area contributed by atoms with Crippen LogP contribution in [0.2, 0.25) is 0 Å². The van der Waals surface area contributed by atoms with E-state index in [1.54, 1.807) is 6.92 Å². The molecule has 0 aliphatic rings. The van der Waals surface area contributed by atoms with Crippen molar-refractivity contribution in [1.82, 2.24) is 0 Å². The van der Waals surface area contributed by atoms with E-state index in [1.807, 2.05) is 0 Å². The van der Waals surface area contributed by atoms with Crippen molar-refractivity contribution in [1.29, 1.82) is 0 Å². The third-order valence-electron chi connectivity index (χ3n) is 1.70. The Balaban J connectivity index is 2.64. The average Bonchev–Trinajstić information content (AvgIpc) is 2.08. The number of carbonyl (C=O) groups excluding carboxylic acids is 1. The molecule has 1 rings (SSSR count). The van der Waals surface area contributed by atoms with Gasteiger partial charge in [-0.15, -0.1) is 0 Å². The van der Waals surface area contributed by atoms with Crippen LogP contribution in [0.15, 0.2) is 24.3 Å². The van der Waals surface area contributed by atoms with Crippen molar-refractivity contribution >= 4 is 5.78 Å². The molecule has 0 saturated heterocycles. The molecule has 0 amide bonds. The fourth-order valence-corrected chi connectivity index (χ4v) is 0.800. The first-order chi connectivity index (χ1) is 6.09. The maximum absolute atomic E-state index is 12.5. The van der Waals surface area contributed by atoms with Crippen molar-refractivity contribution in [3.8, 4) is 5.75 Å². The quantitative estimate of drug-likeness (QED) is 0.716. The zero-order valence-electron chi connectivity index (χ0n) is 7.58. The molecule has 1 atom stereocenters. The number of hydrogen-bond acceptors (Lipinski definition) is 2. The summed E-state index contributed by atoms with van der Waals surface area (Å²) in [6, 6.07) is 5.58. The molecule has 0 aliphatic carbocycles. The minimum absolute atomic E-state index is 0.0516. The lowest BCUT2D eigenvalue weighted by molar-refractivity contribution is -0.122. The average molecular weight is 182 g/mol. The van der Waals surface area contributed by atoms with Gasteiger partial charge in [-0.3, -0.25) is 4.79 Å². The molecule has 1 aromatic carbocycles. The third kappa shape index (κ3) is 2.86. The third-order valence-corrected chi connectivity index (χ3v) is 1.70. The Labute approximate surface area is 76.3 Å². The van der Waals surface area contributed by atoms with Crippen LogP contribution in [0.25, 0.3) is 0 Å². The number of ketones is 1. The normalized spacial score (nSPS) is 12.2. The highest BCUT2D eigenvalue weighted by molar-refractivity contribution is 5.80. The second-order valence-corrected chi connectivity index (χ2v) is 2.82. The Hall–Kier alpha value is -1.38. The van der Waals surface area contributed by atoms with E-state index in [1.165, 1.54) is 31.2 Å². The van der Waals surface area contributed by atoms with Crippen molar-refractivity contribution in [2.45, 2.75) is 20.0 Å². The van der Waals surface area contributed by atoms with Crippen LogP contribution in [-0.4, -0.2) is 11.9 Å². The van der Waals surface area contributed by atoms with E-state index in [-0.39, 0.29) is 11.6 Å². The summed E-state index contributed by atoms with van der Waals surface area (Å²) >= 11 is 0. The summed E-state index contributed by atoms with van der Waals surface area (Å²) in [7, 11) is 0. The molecule has 2 nitrogen and oxygen atoms in total. The fraction of sp³-hybridized carbons (Fsp3) is 0.300. The predicted octanol–water partition coefficient (Wildman–Crippen LogP) is 2.18. The fourth-order valence-electron chi connectivity index (χ4n) is 0.800. The molecule has 0 aliphatic heterocycles. The van der Waals surface area contributed by atoms with Gasteiger partial charge in [0, 0.05) is 0 Å². The molecule has 0 saturated carbocycles. The van der Waals surface area contributed by atoms with Crippen molar-refractivity contribution in [2.24, 2.45) is 0 Å². The maximum atomic E-state index is 12.5. The Kier molecular flexibility index (Phi) is 3.01. The van der Waals surface area contributed by atoms with E-state index >= 15 is 0 Å². The minimum Gasteiger partial charge on any atom is -0.483 e. The summed E-state index contributed by atoms with van der Waals surface area (Å²) in [4.78, 5) is 10.8. The lowest BCUT2D eigenvalue weighted by Crippen LogP contribution is -2.20. The summed E-state index contributed by atoms with van der Waals surface area (Å²) < 4.78 is 17.7. The molecule has 0 spiro atoms. The van der Waals surface area contributed by atoms with Gasteiger partial charge in [-0.2, -0.15) is 0 Å². The summed E-state index contributed by atoms with van der Waals surface area (Å²) in [6.07, 6.45) is -0.481.